The molecule has 1 aliphatic rings. The van der Waals surface area contributed by atoms with Crippen molar-refractivity contribution < 1.29 is 10.0 Å². The first-order valence-electron chi connectivity index (χ1n) is 4.91. The smallest absolute Gasteiger partial charge is 0.215 e. The van der Waals surface area contributed by atoms with Crippen LogP contribution in [0.4, 0.5) is 0 Å². The Hall–Kier alpha value is -0.575. The third-order valence-corrected chi connectivity index (χ3v) is 3.07. The Bertz CT molecular complexity index is 188. The van der Waals surface area contributed by atoms with Gasteiger partial charge in [-0.25, -0.2) is 0 Å². The van der Waals surface area contributed by atoms with Crippen molar-refractivity contribution in [1.82, 2.24) is 0 Å². The van der Waals surface area contributed by atoms with Crippen molar-refractivity contribution in [2.45, 2.75) is 37.5 Å². The molecule has 13 heavy (non-hydrogen) atoms. The molecule has 0 aromatic heterocycles. The zero-order valence-corrected chi connectivity index (χ0v) is 7.98. The average molecular weight is 185 g/mol. The van der Waals surface area contributed by atoms with E-state index in [1.807, 2.05) is 7.85 Å². The van der Waals surface area contributed by atoms with Gasteiger partial charge in [0.15, 0.2) is 0 Å². The van der Waals surface area contributed by atoms with Crippen LogP contribution in [0.25, 0.3) is 0 Å². The summed E-state index contributed by atoms with van der Waals surface area (Å²) in [4.78, 5) is 10.5. The molecule has 3 atom stereocenters. The van der Waals surface area contributed by atoms with Crippen molar-refractivity contribution in [3.05, 3.63) is 10.1 Å². The van der Waals surface area contributed by atoms with Crippen LogP contribution in [0.1, 0.15) is 25.7 Å². The highest BCUT2D eigenvalue weighted by atomic mass is 16.6. The molecule has 0 radical (unpaired) electrons. The maximum atomic E-state index is 10.7. The van der Waals surface area contributed by atoms with E-state index in [9.17, 15) is 10.1 Å². The fraction of sp³-hybridized carbons (Fsp3) is 1.00. The van der Waals surface area contributed by atoms with Gasteiger partial charge in [-0.05, 0) is 18.7 Å². The van der Waals surface area contributed by atoms with Crippen molar-refractivity contribution in [3.63, 3.8) is 0 Å². The zero-order chi connectivity index (χ0) is 9.84. The van der Waals surface area contributed by atoms with E-state index in [1.165, 1.54) is 0 Å². The maximum absolute atomic E-state index is 10.7. The van der Waals surface area contributed by atoms with Gasteiger partial charge in [0.1, 0.15) is 7.85 Å². The Morgan fingerprint density at radius 2 is 2.15 bits per heavy atom. The maximum Gasteiger partial charge on any atom is 0.215 e. The molecule has 1 aliphatic carbocycles. The van der Waals surface area contributed by atoms with E-state index in [4.69, 9.17) is 5.11 Å². The second kappa shape index (κ2) is 4.60. The first-order valence-corrected chi connectivity index (χ1v) is 4.91. The van der Waals surface area contributed by atoms with E-state index >= 15 is 0 Å². The van der Waals surface area contributed by atoms with Crippen LogP contribution in [0.2, 0.25) is 5.82 Å². The quantitative estimate of drug-likeness (QED) is 0.389. The molecule has 0 heterocycles. The number of aliphatic hydroxyl groups excluding tert-OH is 1. The lowest BCUT2D eigenvalue weighted by molar-refractivity contribution is -0.535. The summed E-state index contributed by atoms with van der Waals surface area (Å²) < 4.78 is 0. The van der Waals surface area contributed by atoms with Gasteiger partial charge in [-0.2, -0.15) is 0 Å². The van der Waals surface area contributed by atoms with Crippen molar-refractivity contribution in [2.24, 2.45) is 5.92 Å². The summed E-state index contributed by atoms with van der Waals surface area (Å²) in [7, 11) is 1.90. The van der Waals surface area contributed by atoms with Crippen LogP contribution in [0.5, 0.6) is 0 Å². The lowest BCUT2D eigenvalue weighted by Gasteiger charge is -2.29. The molecule has 5 heteroatoms. The standard InChI is InChI=1S/C8H16BNO3/c9-7(5-11)6-3-1-2-4-8(6)10(12)13/h6-8,11H,1-5,9H2/t6-,7+,8+/m0/s1. The molecular formula is C8H16BNO3. The Balaban J connectivity index is 2.61. The third-order valence-electron chi connectivity index (χ3n) is 3.07. The number of hydrogen-bond acceptors (Lipinski definition) is 3. The second-order valence-electron chi connectivity index (χ2n) is 3.96. The zero-order valence-electron chi connectivity index (χ0n) is 7.98. The largest absolute Gasteiger partial charge is 0.397 e. The number of nitrogens with zero attached hydrogens (tertiary/aromatic N) is 1. The topological polar surface area (TPSA) is 63.4 Å². The van der Waals surface area contributed by atoms with Gasteiger partial charge in [-0.3, -0.25) is 10.1 Å². The number of hydrogen-bond donors (Lipinski definition) is 1. The predicted molar refractivity (Wildman–Crippen MR) is 52.1 cm³/mol. The Morgan fingerprint density at radius 3 is 2.69 bits per heavy atom. The first kappa shape index (κ1) is 10.5. The highest BCUT2D eigenvalue weighted by Gasteiger charge is 2.36. The van der Waals surface area contributed by atoms with Crippen molar-refractivity contribution in [3.8, 4) is 0 Å². The van der Waals surface area contributed by atoms with Gasteiger partial charge in [0.05, 0.1) is 0 Å². The van der Waals surface area contributed by atoms with Crippen molar-refractivity contribution >= 4 is 7.85 Å². The number of aliphatic hydroxyl groups is 1. The van der Waals surface area contributed by atoms with Gasteiger partial charge in [-0.15, -0.1) is 0 Å². The Labute approximate surface area is 78.9 Å². The van der Waals surface area contributed by atoms with Crippen molar-refractivity contribution in [2.75, 3.05) is 6.61 Å². The fourth-order valence-electron chi connectivity index (χ4n) is 2.20. The fourth-order valence-corrected chi connectivity index (χ4v) is 2.20. The van der Waals surface area contributed by atoms with Gasteiger partial charge in [0, 0.05) is 23.9 Å². The van der Waals surface area contributed by atoms with Crippen LogP contribution >= 0.6 is 0 Å². The van der Waals surface area contributed by atoms with Crippen LogP contribution in [0.15, 0.2) is 0 Å². The average Bonchev–Trinajstić information content (AvgIpc) is 2.16. The van der Waals surface area contributed by atoms with Gasteiger partial charge >= 0.3 is 0 Å². The molecule has 0 saturated heterocycles. The Kier molecular flexibility index (Phi) is 3.72. The minimum atomic E-state index is -0.420. The molecular weight excluding hydrogens is 169 g/mol. The Morgan fingerprint density at radius 1 is 1.54 bits per heavy atom. The monoisotopic (exact) mass is 185 g/mol. The van der Waals surface area contributed by atoms with Crippen LogP contribution in [-0.4, -0.2) is 30.5 Å². The van der Waals surface area contributed by atoms with Crippen LogP contribution in [0.3, 0.4) is 0 Å². The van der Waals surface area contributed by atoms with E-state index in [2.05, 4.69) is 0 Å². The lowest BCUT2D eigenvalue weighted by Crippen LogP contribution is -2.35. The highest BCUT2D eigenvalue weighted by Crippen LogP contribution is 2.33. The van der Waals surface area contributed by atoms with E-state index in [0.717, 1.165) is 19.3 Å². The molecule has 1 rings (SSSR count). The SMILES string of the molecule is B[C@H](CO)[C@@H]1CCCC[C@H]1[N+](=O)[O-]. The molecule has 0 unspecified atom stereocenters. The molecule has 1 saturated carbocycles. The van der Waals surface area contributed by atoms with Crippen molar-refractivity contribution in [1.29, 1.82) is 0 Å². The van der Waals surface area contributed by atoms with Gasteiger partial charge in [-0.1, -0.05) is 6.42 Å². The summed E-state index contributed by atoms with van der Waals surface area (Å²) in [6.07, 6.45) is 3.61. The molecule has 0 aromatic rings. The molecule has 1 N–H and O–H groups in total. The minimum Gasteiger partial charge on any atom is -0.397 e. The minimum absolute atomic E-state index is 0.0645. The van der Waals surface area contributed by atoms with Crippen LogP contribution in [0, 0.1) is 16.0 Å². The second-order valence-corrected chi connectivity index (χ2v) is 3.96. The summed E-state index contributed by atoms with van der Waals surface area (Å²) in [6.45, 7) is 0.0645. The van der Waals surface area contributed by atoms with Gasteiger partial charge in [0.25, 0.3) is 0 Å². The predicted octanol–water partition coefficient (Wildman–Crippen LogP) is 0.236. The lowest BCUT2D eigenvalue weighted by atomic mass is 9.68. The molecule has 0 spiro atoms. The van der Waals surface area contributed by atoms with E-state index in [-0.39, 0.29) is 23.3 Å². The van der Waals surface area contributed by atoms with Crippen LogP contribution < -0.4 is 0 Å². The van der Waals surface area contributed by atoms with E-state index < -0.39 is 6.04 Å². The number of nitro groups is 1. The molecule has 0 amide bonds. The summed E-state index contributed by atoms with van der Waals surface area (Å²) in [5.41, 5.74) is 0. The highest BCUT2D eigenvalue weighted by molar-refractivity contribution is 6.12. The van der Waals surface area contributed by atoms with Crippen LogP contribution in [-0.2, 0) is 0 Å². The molecule has 4 nitrogen and oxygen atoms in total. The first-order chi connectivity index (χ1) is 6.16. The summed E-state index contributed by atoms with van der Waals surface area (Å²) in [5.74, 6) is 0.143. The summed E-state index contributed by atoms with van der Waals surface area (Å²) in [6, 6.07) is -0.420. The molecule has 74 valence electrons. The van der Waals surface area contributed by atoms with Gasteiger partial charge in [0.2, 0.25) is 6.04 Å². The van der Waals surface area contributed by atoms with Gasteiger partial charge < -0.3 is 5.11 Å². The summed E-state index contributed by atoms with van der Waals surface area (Å²) >= 11 is 0. The molecule has 1 fully saturated rings. The number of rotatable bonds is 3. The molecule has 0 aromatic carbocycles. The normalized spacial score (nSPS) is 31.2. The third kappa shape index (κ3) is 2.43. The van der Waals surface area contributed by atoms with E-state index in [1.54, 1.807) is 0 Å². The molecule has 0 aliphatic heterocycles. The molecule has 0 bridgehead atoms. The van der Waals surface area contributed by atoms with E-state index in [0.29, 0.717) is 6.42 Å². The summed E-state index contributed by atoms with van der Waals surface area (Å²) in [5, 5.41) is 19.7.